The van der Waals surface area contributed by atoms with Crippen molar-refractivity contribution in [2.45, 2.75) is 59.9 Å². The van der Waals surface area contributed by atoms with Crippen LogP contribution in [0.3, 0.4) is 0 Å². The summed E-state index contributed by atoms with van der Waals surface area (Å²) in [4.78, 5) is 37.1. The first-order valence-corrected chi connectivity index (χ1v) is 12.4. The van der Waals surface area contributed by atoms with Crippen molar-refractivity contribution in [3.8, 4) is 0 Å². The van der Waals surface area contributed by atoms with Crippen molar-refractivity contribution < 1.29 is 23.9 Å². The molecule has 3 heterocycles. The number of nitrogens with zero attached hydrogens (tertiary/aromatic N) is 2. The van der Waals surface area contributed by atoms with Crippen LogP contribution in [0, 0.1) is 10.8 Å². The smallest absolute Gasteiger partial charge is 0.338 e. The molecule has 8 nitrogen and oxygen atoms in total. The largest absolute Gasteiger partial charge is 0.462 e. The summed E-state index contributed by atoms with van der Waals surface area (Å²) in [6.45, 7) is 10.4. The third kappa shape index (κ3) is 5.48. The van der Waals surface area contributed by atoms with Crippen LogP contribution in [0.15, 0.2) is 24.3 Å². The highest BCUT2D eigenvalue weighted by molar-refractivity contribution is 5.96. The van der Waals surface area contributed by atoms with E-state index < -0.39 is 5.97 Å². The lowest BCUT2D eigenvalue weighted by atomic mass is 9.74. The van der Waals surface area contributed by atoms with Crippen molar-refractivity contribution >= 4 is 17.7 Å². The molecule has 1 saturated heterocycles. The SMILES string of the molecule is CCn1nc(CC(C)(C)COC(=O)c2ccc(C(C)=O)cc2)c2c1C(=O)NCC1(CCOCC1)C2. The number of carbonyl (C=O) groups excluding carboxylic acids is 3. The standard InChI is InChI=1S/C27H35N3O5/c1-5-30-23-21(14-27(16-28-24(23)32)10-12-34-13-11-27)22(29-30)15-26(3,4)17-35-25(33)20-8-6-19(7-9-20)18(2)31/h6-9H,5,10-17H2,1-4H3,(H,28,32). The quantitative estimate of drug-likeness (QED) is 0.479. The molecule has 0 saturated carbocycles. The van der Waals surface area contributed by atoms with Crippen molar-refractivity contribution in [3.63, 3.8) is 0 Å². The third-order valence-corrected chi connectivity index (χ3v) is 7.14. The average Bonchev–Trinajstić information content (AvgIpc) is 3.10. The zero-order valence-electron chi connectivity index (χ0n) is 21.1. The number of amides is 1. The number of aryl methyl sites for hydroxylation is 1. The van der Waals surface area contributed by atoms with Crippen LogP contribution in [0.4, 0.5) is 0 Å². The molecule has 2 aliphatic rings. The maximum absolute atomic E-state index is 13.0. The van der Waals surface area contributed by atoms with E-state index in [0.717, 1.165) is 30.5 Å². The molecule has 1 aromatic carbocycles. The van der Waals surface area contributed by atoms with Gasteiger partial charge in [0.2, 0.25) is 0 Å². The summed E-state index contributed by atoms with van der Waals surface area (Å²) < 4.78 is 13.0. The van der Waals surface area contributed by atoms with Crippen LogP contribution < -0.4 is 5.32 Å². The summed E-state index contributed by atoms with van der Waals surface area (Å²) in [7, 11) is 0. The number of ether oxygens (including phenoxy) is 2. The number of fused-ring (bicyclic) bond motifs is 1. The zero-order chi connectivity index (χ0) is 25.2. The normalized spacial score (nSPS) is 17.4. The topological polar surface area (TPSA) is 99.5 Å². The van der Waals surface area contributed by atoms with Gasteiger partial charge in [0, 0.05) is 49.3 Å². The van der Waals surface area contributed by atoms with Gasteiger partial charge in [0.25, 0.3) is 5.91 Å². The highest BCUT2D eigenvalue weighted by Crippen LogP contribution is 2.38. The fraction of sp³-hybridized carbons (Fsp3) is 0.556. The van der Waals surface area contributed by atoms with Gasteiger partial charge in [-0.25, -0.2) is 4.79 Å². The van der Waals surface area contributed by atoms with E-state index in [4.69, 9.17) is 14.6 Å². The molecule has 0 radical (unpaired) electrons. The highest BCUT2D eigenvalue weighted by Gasteiger charge is 2.40. The lowest BCUT2D eigenvalue weighted by Gasteiger charge is -2.36. The van der Waals surface area contributed by atoms with Crippen molar-refractivity contribution in [2.24, 2.45) is 10.8 Å². The first-order valence-electron chi connectivity index (χ1n) is 12.4. The van der Waals surface area contributed by atoms with Gasteiger partial charge >= 0.3 is 5.97 Å². The van der Waals surface area contributed by atoms with Crippen LogP contribution in [0.2, 0.25) is 0 Å². The molecule has 0 atom stereocenters. The van der Waals surface area contributed by atoms with Crippen molar-refractivity contribution in [1.82, 2.24) is 15.1 Å². The van der Waals surface area contributed by atoms with Crippen LogP contribution in [0.5, 0.6) is 0 Å². The molecular formula is C27H35N3O5. The number of hydrogen-bond acceptors (Lipinski definition) is 6. The van der Waals surface area contributed by atoms with Gasteiger partial charge in [-0.2, -0.15) is 5.10 Å². The Hall–Kier alpha value is -3.00. The Morgan fingerprint density at radius 3 is 2.46 bits per heavy atom. The minimum atomic E-state index is -0.424. The molecule has 2 aliphatic heterocycles. The van der Waals surface area contributed by atoms with Crippen molar-refractivity contribution in [1.29, 1.82) is 0 Å². The summed E-state index contributed by atoms with van der Waals surface area (Å²) >= 11 is 0. The van der Waals surface area contributed by atoms with Crippen LogP contribution in [0.1, 0.15) is 83.0 Å². The second-order valence-electron chi connectivity index (χ2n) is 10.6. The number of ketones is 1. The Morgan fingerprint density at radius 1 is 1.17 bits per heavy atom. The van der Waals surface area contributed by atoms with E-state index in [2.05, 4.69) is 5.32 Å². The summed E-state index contributed by atoms with van der Waals surface area (Å²) in [5.41, 5.74) is 3.14. The molecular weight excluding hydrogens is 446 g/mol. The number of rotatable bonds is 7. The number of hydrogen-bond donors (Lipinski definition) is 1. The number of esters is 1. The Labute approximate surface area is 206 Å². The number of aromatic nitrogens is 2. The van der Waals surface area contributed by atoms with Crippen LogP contribution >= 0.6 is 0 Å². The van der Waals surface area contributed by atoms with E-state index in [1.807, 2.05) is 20.8 Å². The second-order valence-corrected chi connectivity index (χ2v) is 10.6. The fourth-order valence-electron chi connectivity index (χ4n) is 5.00. The molecule has 1 spiro atoms. The number of carbonyl (C=O) groups is 3. The molecule has 1 aromatic heterocycles. The summed E-state index contributed by atoms with van der Waals surface area (Å²) in [5.74, 6) is -0.540. The van der Waals surface area contributed by atoms with E-state index in [9.17, 15) is 14.4 Å². The van der Waals surface area contributed by atoms with E-state index in [1.165, 1.54) is 6.92 Å². The minimum Gasteiger partial charge on any atom is -0.462 e. The molecule has 1 N–H and O–H groups in total. The van der Waals surface area contributed by atoms with Crippen molar-refractivity contribution in [3.05, 3.63) is 52.3 Å². The van der Waals surface area contributed by atoms with E-state index in [1.54, 1.807) is 28.9 Å². The maximum Gasteiger partial charge on any atom is 0.338 e. The first-order chi connectivity index (χ1) is 16.6. The Bertz CT molecular complexity index is 1110. The van der Waals surface area contributed by atoms with Crippen LogP contribution in [-0.4, -0.2) is 53.8 Å². The molecule has 188 valence electrons. The highest BCUT2D eigenvalue weighted by atomic mass is 16.5. The lowest BCUT2D eigenvalue weighted by Crippen LogP contribution is -2.40. The molecule has 1 amide bonds. The van der Waals surface area contributed by atoms with Crippen LogP contribution in [0.25, 0.3) is 0 Å². The van der Waals surface area contributed by atoms with Gasteiger partial charge in [0.15, 0.2) is 5.78 Å². The van der Waals surface area contributed by atoms with Gasteiger partial charge in [-0.3, -0.25) is 14.3 Å². The lowest BCUT2D eigenvalue weighted by molar-refractivity contribution is 0.0159. The summed E-state index contributed by atoms with van der Waals surface area (Å²) in [6, 6.07) is 6.49. The molecule has 35 heavy (non-hydrogen) atoms. The Kier molecular flexibility index (Phi) is 7.12. The molecule has 0 bridgehead atoms. The number of Topliss-reactive ketones (excluding diaryl/α,β-unsaturated/α-hetero) is 1. The summed E-state index contributed by atoms with van der Waals surface area (Å²) in [6.07, 6.45) is 3.19. The second kappa shape index (κ2) is 9.93. The molecule has 1 fully saturated rings. The van der Waals surface area contributed by atoms with E-state index in [-0.39, 0.29) is 29.1 Å². The first kappa shape index (κ1) is 25.1. The average molecular weight is 482 g/mol. The Morgan fingerprint density at radius 2 is 1.83 bits per heavy atom. The predicted molar refractivity (Wildman–Crippen MR) is 131 cm³/mol. The molecule has 0 aliphatic carbocycles. The van der Waals surface area contributed by atoms with Gasteiger partial charge < -0.3 is 14.8 Å². The van der Waals surface area contributed by atoms with Gasteiger partial charge in [-0.15, -0.1) is 0 Å². The fourth-order valence-corrected chi connectivity index (χ4v) is 5.00. The van der Waals surface area contributed by atoms with E-state index in [0.29, 0.717) is 49.5 Å². The van der Waals surface area contributed by atoms with Gasteiger partial charge in [0.05, 0.1) is 17.9 Å². The number of benzene rings is 1. The Balaban J connectivity index is 1.51. The molecule has 2 aromatic rings. The monoisotopic (exact) mass is 481 g/mol. The zero-order valence-corrected chi connectivity index (χ0v) is 21.1. The van der Waals surface area contributed by atoms with Crippen LogP contribution in [-0.2, 0) is 28.9 Å². The molecule has 4 rings (SSSR count). The van der Waals surface area contributed by atoms with Gasteiger partial charge in [-0.1, -0.05) is 26.0 Å². The molecule has 8 heteroatoms. The number of nitrogens with one attached hydrogen (secondary N) is 1. The summed E-state index contributed by atoms with van der Waals surface area (Å²) in [5, 5.41) is 7.96. The molecule has 0 unspecified atom stereocenters. The van der Waals surface area contributed by atoms with E-state index >= 15 is 0 Å². The minimum absolute atomic E-state index is 0.0157. The third-order valence-electron chi connectivity index (χ3n) is 7.14. The predicted octanol–water partition coefficient (Wildman–Crippen LogP) is 3.61. The van der Waals surface area contributed by atoms with Gasteiger partial charge in [-0.05, 0) is 50.7 Å². The van der Waals surface area contributed by atoms with Crippen molar-refractivity contribution in [2.75, 3.05) is 26.4 Å². The van der Waals surface area contributed by atoms with Gasteiger partial charge in [0.1, 0.15) is 5.69 Å². The maximum atomic E-state index is 13.0.